The zero-order chi connectivity index (χ0) is 24.3. The summed E-state index contributed by atoms with van der Waals surface area (Å²) < 4.78 is 6.57. The Morgan fingerprint density at radius 1 is 1.12 bits per heavy atom. The maximum atomic E-state index is 13.8. The highest BCUT2D eigenvalue weighted by Crippen LogP contribution is 2.63. The molecule has 0 aliphatic carbocycles. The Kier molecular flexibility index (Phi) is 7.28. The second-order valence-corrected chi connectivity index (χ2v) is 10.0. The van der Waals surface area contributed by atoms with Crippen molar-refractivity contribution < 1.29 is 24.2 Å². The molecule has 3 saturated heterocycles. The van der Waals surface area contributed by atoms with Crippen LogP contribution < -0.4 is 10.6 Å². The molecule has 3 N–H and O–H groups in total. The monoisotopic (exact) mass is 471 g/mol. The maximum Gasteiger partial charge on any atom is 0.245 e. The van der Waals surface area contributed by atoms with E-state index in [-0.39, 0.29) is 24.3 Å². The Balaban J connectivity index is 1.59. The number of ether oxygens (including phenoxy) is 1. The minimum Gasteiger partial charge on any atom is -0.396 e. The summed E-state index contributed by atoms with van der Waals surface area (Å²) in [6.07, 6.45) is 4.15. The van der Waals surface area contributed by atoms with Crippen molar-refractivity contribution in [2.24, 2.45) is 11.8 Å². The van der Waals surface area contributed by atoms with E-state index in [4.69, 9.17) is 4.74 Å². The molecule has 3 aliphatic rings. The van der Waals surface area contributed by atoms with E-state index in [2.05, 4.69) is 17.6 Å². The van der Waals surface area contributed by atoms with E-state index in [1.165, 1.54) is 0 Å². The van der Waals surface area contributed by atoms with Crippen LogP contribution in [-0.2, 0) is 25.7 Å². The van der Waals surface area contributed by atoms with Gasteiger partial charge in [0.25, 0.3) is 0 Å². The number of nitrogens with one attached hydrogen (secondary N) is 2. The van der Waals surface area contributed by atoms with Crippen molar-refractivity contribution in [2.45, 2.75) is 76.2 Å². The molecule has 3 amide bonds. The van der Waals surface area contributed by atoms with Gasteiger partial charge in [-0.3, -0.25) is 14.4 Å². The molecule has 0 saturated carbocycles. The van der Waals surface area contributed by atoms with Gasteiger partial charge in [-0.25, -0.2) is 0 Å². The number of aliphatic hydroxyl groups excluding tert-OH is 1. The molecule has 34 heavy (non-hydrogen) atoms. The van der Waals surface area contributed by atoms with E-state index in [1.807, 2.05) is 37.3 Å². The van der Waals surface area contributed by atoms with Gasteiger partial charge in [0.05, 0.1) is 17.4 Å². The highest BCUT2D eigenvalue weighted by Gasteiger charge is 2.77. The molecule has 8 heteroatoms. The molecule has 1 aromatic rings. The molecule has 3 fully saturated rings. The van der Waals surface area contributed by atoms with Gasteiger partial charge in [0.15, 0.2) is 0 Å². The van der Waals surface area contributed by atoms with Crippen molar-refractivity contribution in [3.63, 3.8) is 0 Å². The highest BCUT2D eigenvalue weighted by atomic mass is 16.5. The molecule has 5 atom stereocenters. The van der Waals surface area contributed by atoms with E-state index < -0.39 is 29.1 Å². The van der Waals surface area contributed by atoms with Crippen LogP contribution in [0.15, 0.2) is 30.3 Å². The molecule has 8 nitrogen and oxygen atoms in total. The molecule has 0 aromatic heterocycles. The molecule has 0 radical (unpaired) electrons. The first kappa shape index (κ1) is 24.7. The average molecular weight is 472 g/mol. The number of nitrogens with zero attached hydrogens (tertiary/aromatic N) is 1. The number of carbonyl (C=O) groups is 3. The minimum atomic E-state index is -0.990. The van der Waals surface area contributed by atoms with E-state index in [9.17, 15) is 19.5 Å². The molecule has 4 rings (SSSR count). The smallest absolute Gasteiger partial charge is 0.245 e. The van der Waals surface area contributed by atoms with Gasteiger partial charge in [0.2, 0.25) is 17.7 Å². The number of hydrogen-bond acceptors (Lipinski definition) is 5. The summed E-state index contributed by atoms with van der Waals surface area (Å²) >= 11 is 0. The van der Waals surface area contributed by atoms with Crippen molar-refractivity contribution in [3.8, 4) is 0 Å². The molecule has 1 spiro atoms. The molecule has 2 bridgehead atoms. The lowest BCUT2D eigenvalue weighted by molar-refractivity contribution is -0.146. The SMILES string of the molecule is CCCCNC(=O)C1N(CCCCO)C(=O)[C@@H]2[C@H](C(=O)NCc3ccccc3)[C@]3(C)CCC12O3. The third kappa shape index (κ3) is 4.22. The van der Waals surface area contributed by atoms with Gasteiger partial charge in [0.1, 0.15) is 11.6 Å². The Bertz CT molecular complexity index is 909. The van der Waals surface area contributed by atoms with Gasteiger partial charge in [-0.15, -0.1) is 0 Å². The molecule has 3 aliphatic heterocycles. The second-order valence-electron chi connectivity index (χ2n) is 10.0. The van der Waals surface area contributed by atoms with Crippen LogP contribution in [0.5, 0.6) is 0 Å². The highest BCUT2D eigenvalue weighted by molar-refractivity contribution is 5.99. The predicted octanol–water partition coefficient (Wildman–Crippen LogP) is 1.76. The van der Waals surface area contributed by atoms with Gasteiger partial charge in [0, 0.05) is 26.2 Å². The van der Waals surface area contributed by atoms with Crippen LogP contribution in [0.3, 0.4) is 0 Å². The fourth-order valence-corrected chi connectivity index (χ4v) is 6.14. The normalized spacial score (nSPS) is 31.6. The Labute approximate surface area is 201 Å². The Morgan fingerprint density at radius 3 is 2.59 bits per heavy atom. The van der Waals surface area contributed by atoms with Crippen LogP contribution in [0.2, 0.25) is 0 Å². The Morgan fingerprint density at radius 2 is 1.88 bits per heavy atom. The number of aliphatic hydroxyl groups is 1. The molecule has 2 unspecified atom stereocenters. The van der Waals surface area contributed by atoms with Gasteiger partial charge in [-0.1, -0.05) is 43.7 Å². The van der Waals surface area contributed by atoms with Gasteiger partial charge < -0.3 is 25.4 Å². The van der Waals surface area contributed by atoms with Crippen LogP contribution in [-0.4, -0.2) is 64.7 Å². The third-order valence-electron chi connectivity index (χ3n) is 7.75. The van der Waals surface area contributed by atoms with E-state index in [0.717, 1.165) is 18.4 Å². The quantitative estimate of drug-likeness (QED) is 0.426. The van der Waals surface area contributed by atoms with Gasteiger partial charge in [-0.2, -0.15) is 0 Å². The van der Waals surface area contributed by atoms with Crippen molar-refractivity contribution in [2.75, 3.05) is 19.7 Å². The fraction of sp³-hybridized carbons (Fsp3) is 0.654. The van der Waals surface area contributed by atoms with Crippen LogP contribution in [0.1, 0.15) is 57.9 Å². The zero-order valence-corrected chi connectivity index (χ0v) is 20.2. The number of likely N-dealkylation sites (tertiary alicyclic amines) is 1. The summed E-state index contributed by atoms with van der Waals surface area (Å²) in [5.74, 6) is -1.92. The molecule has 3 heterocycles. The van der Waals surface area contributed by atoms with Crippen LogP contribution in [0, 0.1) is 11.8 Å². The zero-order valence-electron chi connectivity index (χ0n) is 20.2. The standard InChI is InChI=1S/C26H37N3O5/c1-3-4-14-27-23(32)21-26-13-12-25(2,34-26)19(20(26)24(33)29(21)15-8-9-16-30)22(31)28-17-18-10-6-5-7-11-18/h5-7,10-11,19-21,30H,3-4,8-9,12-17H2,1-2H3,(H,27,32)(H,28,31)/t19-,20+,21?,25+,26?/m1/s1. The van der Waals surface area contributed by atoms with Crippen molar-refractivity contribution >= 4 is 17.7 Å². The number of amides is 3. The summed E-state index contributed by atoms with van der Waals surface area (Å²) in [7, 11) is 0. The predicted molar refractivity (Wildman–Crippen MR) is 126 cm³/mol. The lowest BCUT2D eigenvalue weighted by Crippen LogP contribution is -2.55. The van der Waals surface area contributed by atoms with E-state index in [0.29, 0.717) is 45.3 Å². The third-order valence-corrected chi connectivity index (χ3v) is 7.75. The Hall–Kier alpha value is -2.45. The van der Waals surface area contributed by atoms with Crippen LogP contribution >= 0.6 is 0 Å². The van der Waals surface area contributed by atoms with Crippen LogP contribution in [0.4, 0.5) is 0 Å². The first-order valence-electron chi connectivity index (χ1n) is 12.6. The largest absolute Gasteiger partial charge is 0.396 e. The number of benzene rings is 1. The summed E-state index contributed by atoms with van der Waals surface area (Å²) in [6, 6.07) is 8.90. The summed E-state index contributed by atoms with van der Waals surface area (Å²) in [6.45, 7) is 5.28. The number of unbranched alkanes of at least 4 members (excludes halogenated alkanes) is 2. The first-order valence-corrected chi connectivity index (χ1v) is 12.6. The first-order chi connectivity index (χ1) is 16.4. The molecule has 186 valence electrons. The van der Waals surface area contributed by atoms with Crippen molar-refractivity contribution in [3.05, 3.63) is 35.9 Å². The van der Waals surface area contributed by atoms with Gasteiger partial charge >= 0.3 is 0 Å². The minimum absolute atomic E-state index is 0.0308. The lowest BCUT2D eigenvalue weighted by atomic mass is 9.66. The summed E-state index contributed by atoms with van der Waals surface area (Å²) in [5, 5.41) is 15.2. The number of hydrogen-bond donors (Lipinski definition) is 3. The molecular formula is C26H37N3O5. The molecule has 1 aromatic carbocycles. The average Bonchev–Trinajstić information content (AvgIpc) is 3.39. The van der Waals surface area contributed by atoms with E-state index in [1.54, 1.807) is 4.90 Å². The number of fused-ring (bicyclic) bond motifs is 1. The topological polar surface area (TPSA) is 108 Å². The lowest BCUT2D eigenvalue weighted by Gasteiger charge is -2.33. The van der Waals surface area contributed by atoms with Crippen molar-refractivity contribution in [1.82, 2.24) is 15.5 Å². The van der Waals surface area contributed by atoms with Crippen LogP contribution in [0.25, 0.3) is 0 Å². The number of carbonyl (C=O) groups excluding carboxylic acids is 3. The van der Waals surface area contributed by atoms with Gasteiger partial charge in [-0.05, 0) is 44.6 Å². The summed E-state index contributed by atoms with van der Waals surface area (Å²) in [5.41, 5.74) is -0.785. The second kappa shape index (κ2) is 10.0. The number of rotatable bonds is 11. The molecular weight excluding hydrogens is 434 g/mol. The maximum absolute atomic E-state index is 13.8. The fourth-order valence-electron chi connectivity index (χ4n) is 6.14. The summed E-state index contributed by atoms with van der Waals surface area (Å²) in [4.78, 5) is 42.2. The van der Waals surface area contributed by atoms with E-state index >= 15 is 0 Å². The van der Waals surface area contributed by atoms with Crippen molar-refractivity contribution in [1.29, 1.82) is 0 Å².